The fourth-order valence-electron chi connectivity index (χ4n) is 2.18. The fourth-order valence-corrected chi connectivity index (χ4v) is 2.68. The number of benzene rings is 1. The number of nitrogens with one attached hydrogen (secondary N) is 1. The summed E-state index contributed by atoms with van der Waals surface area (Å²) in [6, 6.07) is 10.6. The topological polar surface area (TPSA) is 25.2 Å². The monoisotopic (exact) mass is 277 g/mol. The van der Waals surface area contributed by atoms with Crippen LogP contribution in [0.2, 0.25) is 0 Å². The summed E-state index contributed by atoms with van der Waals surface area (Å²) in [4.78, 5) is 0. The Morgan fingerprint density at radius 2 is 2.05 bits per heavy atom. The Kier molecular flexibility index (Phi) is 5.80. The molecule has 104 valence electrons. The smallest absolute Gasteiger partial charge is 0.134 e. The van der Waals surface area contributed by atoms with Crippen molar-refractivity contribution in [1.29, 1.82) is 0 Å². The van der Waals surface area contributed by atoms with E-state index in [0.29, 0.717) is 0 Å². The third kappa shape index (κ3) is 4.29. The summed E-state index contributed by atoms with van der Waals surface area (Å²) in [6.07, 6.45) is 6.04. The van der Waals surface area contributed by atoms with Crippen molar-refractivity contribution >= 4 is 22.7 Å². The lowest BCUT2D eigenvalue weighted by Crippen LogP contribution is -2.19. The zero-order valence-corrected chi connectivity index (χ0v) is 12.6. The third-order valence-corrected chi connectivity index (χ3v) is 4.04. The maximum Gasteiger partial charge on any atom is 0.134 e. The summed E-state index contributed by atoms with van der Waals surface area (Å²) in [7, 11) is 0. The minimum Gasteiger partial charge on any atom is -0.459 e. The van der Waals surface area contributed by atoms with Gasteiger partial charge in [0.05, 0.1) is 6.04 Å². The normalized spacial score (nSPS) is 12.9. The summed E-state index contributed by atoms with van der Waals surface area (Å²) in [5.74, 6) is 2.31. The van der Waals surface area contributed by atoms with Crippen molar-refractivity contribution in [2.24, 2.45) is 0 Å². The Bertz CT molecular complexity index is 461. The standard InChI is InChI=1S/C16H23NOS/c1-13(17-10-6-3-7-11-19-2)16-12-14-8-4-5-9-15(14)18-16/h4-5,8-9,12-13,17H,3,6-7,10-11H2,1-2H3. The molecular weight excluding hydrogens is 254 g/mol. The molecule has 0 radical (unpaired) electrons. The average molecular weight is 277 g/mol. The van der Waals surface area contributed by atoms with Gasteiger partial charge in [0.1, 0.15) is 11.3 Å². The first kappa shape index (κ1) is 14.5. The molecule has 1 heterocycles. The van der Waals surface area contributed by atoms with E-state index in [-0.39, 0.29) is 6.04 Å². The van der Waals surface area contributed by atoms with Gasteiger partial charge < -0.3 is 9.73 Å². The van der Waals surface area contributed by atoms with E-state index in [9.17, 15) is 0 Å². The highest BCUT2D eigenvalue weighted by Gasteiger charge is 2.10. The number of thioether (sulfide) groups is 1. The Balaban J connectivity index is 1.78. The lowest BCUT2D eigenvalue weighted by molar-refractivity contribution is 0.446. The lowest BCUT2D eigenvalue weighted by atomic mass is 10.2. The molecule has 1 unspecified atom stereocenters. The molecule has 0 fully saturated rings. The molecule has 19 heavy (non-hydrogen) atoms. The van der Waals surface area contributed by atoms with E-state index in [4.69, 9.17) is 4.42 Å². The van der Waals surface area contributed by atoms with E-state index in [1.54, 1.807) is 0 Å². The number of fused-ring (bicyclic) bond motifs is 1. The van der Waals surface area contributed by atoms with Crippen molar-refractivity contribution in [3.63, 3.8) is 0 Å². The van der Waals surface area contributed by atoms with Gasteiger partial charge in [-0.05, 0) is 50.5 Å². The molecule has 3 heteroatoms. The van der Waals surface area contributed by atoms with Gasteiger partial charge in [0.2, 0.25) is 0 Å². The number of hydrogen-bond donors (Lipinski definition) is 1. The Morgan fingerprint density at radius 1 is 1.21 bits per heavy atom. The highest BCUT2D eigenvalue weighted by Crippen LogP contribution is 2.23. The summed E-state index contributed by atoms with van der Waals surface area (Å²) < 4.78 is 5.86. The highest BCUT2D eigenvalue weighted by atomic mass is 32.2. The molecule has 0 saturated carbocycles. The zero-order valence-electron chi connectivity index (χ0n) is 11.8. The summed E-state index contributed by atoms with van der Waals surface area (Å²) in [5, 5.41) is 4.72. The first-order valence-electron chi connectivity index (χ1n) is 7.02. The van der Waals surface area contributed by atoms with Gasteiger partial charge in [0.25, 0.3) is 0 Å². The van der Waals surface area contributed by atoms with Crippen molar-refractivity contribution in [2.75, 3.05) is 18.6 Å². The molecule has 0 aliphatic carbocycles. The van der Waals surface area contributed by atoms with Crippen LogP contribution in [0.15, 0.2) is 34.7 Å². The van der Waals surface area contributed by atoms with Gasteiger partial charge in [-0.2, -0.15) is 11.8 Å². The van der Waals surface area contributed by atoms with Crippen LogP contribution in [0.3, 0.4) is 0 Å². The molecule has 1 aromatic carbocycles. The van der Waals surface area contributed by atoms with Crippen molar-refractivity contribution in [3.8, 4) is 0 Å². The van der Waals surface area contributed by atoms with Crippen LogP contribution in [0.25, 0.3) is 11.0 Å². The molecule has 2 rings (SSSR count). The van der Waals surface area contributed by atoms with Crippen molar-refractivity contribution in [2.45, 2.75) is 32.2 Å². The molecule has 0 aliphatic heterocycles. The van der Waals surface area contributed by atoms with Gasteiger partial charge in [-0.25, -0.2) is 0 Å². The largest absolute Gasteiger partial charge is 0.459 e. The van der Waals surface area contributed by atoms with Gasteiger partial charge in [-0.3, -0.25) is 0 Å². The number of rotatable bonds is 8. The lowest BCUT2D eigenvalue weighted by Gasteiger charge is -2.10. The third-order valence-electron chi connectivity index (χ3n) is 3.35. The highest BCUT2D eigenvalue weighted by molar-refractivity contribution is 7.98. The van der Waals surface area contributed by atoms with E-state index >= 15 is 0 Å². The van der Waals surface area contributed by atoms with Crippen LogP contribution in [0, 0.1) is 0 Å². The Hall–Kier alpha value is -0.930. The van der Waals surface area contributed by atoms with Crippen molar-refractivity contribution in [1.82, 2.24) is 5.32 Å². The molecule has 1 atom stereocenters. The molecule has 0 bridgehead atoms. The Labute approximate surface area is 119 Å². The quantitative estimate of drug-likeness (QED) is 0.713. The molecule has 2 aromatic rings. The number of furan rings is 1. The second-order valence-corrected chi connectivity index (χ2v) is 5.90. The SMILES string of the molecule is CSCCCCCNC(C)c1cc2ccccc2o1. The first-order chi connectivity index (χ1) is 9.31. The molecule has 0 amide bonds. The van der Waals surface area contributed by atoms with Crippen LogP contribution >= 0.6 is 11.8 Å². The van der Waals surface area contributed by atoms with Crippen LogP contribution in [-0.2, 0) is 0 Å². The average Bonchev–Trinajstić information content (AvgIpc) is 2.86. The molecule has 0 spiro atoms. The molecule has 2 nitrogen and oxygen atoms in total. The van der Waals surface area contributed by atoms with Gasteiger partial charge in [0.15, 0.2) is 0 Å². The molecule has 0 aliphatic rings. The van der Waals surface area contributed by atoms with E-state index in [0.717, 1.165) is 17.9 Å². The van der Waals surface area contributed by atoms with E-state index in [1.165, 1.54) is 30.4 Å². The molecule has 1 aromatic heterocycles. The molecule has 0 saturated heterocycles. The van der Waals surface area contributed by atoms with Crippen LogP contribution in [0.4, 0.5) is 0 Å². The predicted molar refractivity (Wildman–Crippen MR) is 84.9 cm³/mol. The second kappa shape index (κ2) is 7.61. The summed E-state index contributed by atoms with van der Waals surface area (Å²) in [6.45, 7) is 3.23. The van der Waals surface area contributed by atoms with Crippen LogP contribution in [-0.4, -0.2) is 18.6 Å². The maximum atomic E-state index is 5.86. The summed E-state index contributed by atoms with van der Waals surface area (Å²) in [5.41, 5.74) is 0.978. The second-order valence-electron chi connectivity index (χ2n) is 4.92. The molecular formula is C16H23NOS. The van der Waals surface area contributed by atoms with Crippen LogP contribution in [0.5, 0.6) is 0 Å². The van der Waals surface area contributed by atoms with Gasteiger partial charge in [-0.15, -0.1) is 0 Å². The number of para-hydroxylation sites is 1. The van der Waals surface area contributed by atoms with Gasteiger partial charge in [0, 0.05) is 5.39 Å². The zero-order chi connectivity index (χ0) is 13.5. The predicted octanol–water partition coefficient (Wildman–Crippen LogP) is 4.62. The van der Waals surface area contributed by atoms with Crippen molar-refractivity contribution in [3.05, 3.63) is 36.1 Å². The minimum atomic E-state index is 0.285. The fraction of sp³-hybridized carbons (Fsp3) is 0.500. The first-order valence-corrected chi connectivity index (χ1v) is 8.41. The van der Waals surface area contributed by atoms with Crippen molar-refractivity contribution < 1.29 is 4.42 Å². The maximum absolute atomic E-state index is 5.86. The minimum absolute atomic E-state index is 0.285. The molecule has 1 N–H and O–H groups in total. The summed E-state index contributed by atoms with van der Waals surface area (Å²) >= 11 is 1.93. The number of unbranched alkanes of at least 4 members (excludes halogenated alkanes) is 2. The van der Waals surface area contributed by atoms with Crippen LogP contribution in [0.1, 0.15) is 38.0 Å². The van der Waals surface area contributed by atoms with Crippen LogP contribution < -0.4 is 5.32 Å². The van der Waals surface area contributed by atoms with E-state index < -0.39 is 0 Å². The van der Waals surface area contributed by atoms with Gasteiger partial charge in [-0.1, -0.05) is 24.6 Å². The number of hydrogen-bond acceptors (Lipinski definition) is 3. The van der Waals surface area contributed by atoms with E-state index in [2.05, 4.69) is 30.6 Å². The van der Waals surface area contributed by atoms with E-state index in [1.807, 2.05) is 30.0 Å². The Morgan fingerprint density at radius 3 is 2.84 bits per heavy atom. The van der Waals surface area contributed by atoms with Gasteiger partial charge >= 0.3 is 0 Å².